The summed E-state index contributed by atoms with van der Waals surface area (Å²) >= 11 is 0. The molecule has 0 saturated carbocycles. The predicted molar refractivity (Wildman–Crippen MR) is 68.2 cm³/mol. The molecule has 0 aromatic heterocycles. The molecule has 0 aliphatic heterocycles. The molecule has 0 amide bonds. The number of rotatable bonds is 6. The molecular formula is C13H26N2. The van der Waals surface area contributed by atoms with E-state index in [0.29, 0.717) is 0 Å². The molecular weight excluding hydrogens is 184 g/mol. The molecule has 0 spiro atoms. The fraction of sp³-hybridized carbons (Fsp3) is 0.692. The number of hydrogen-bond acceptors (Lipinski definition) is 2. The van der Waals surface area contributed by atoms with Gasteiger partial charge in [0.1, 0.15) is 0 Å². The lowest BCUT2D eigenvalue weighted by atomic mass is 10.1. The average Bonchev–Trinajstić information content (AvgIpc) is 2.16. The molecule has 0 radical (unpaired) electrons. The summed E-state index contributed by atoms with van der Waals surface area (Å²) in [6.45, 7) is 8.26. The van der Waals surface area contributed by atoms with Crippen LogP contribution in [0.3, 0.4) is 0 Å². The molecule has 0 unspecified atom stereocenters. The predicted octanol–water partition coefficient (Wildman–Crippen LogP) is 3.44. The van der Waals surface area contributed by atoms with Crippen molar-refractivity contribution in [3.8, 4) is 0 Å². The first-order chi connectivity index (χ1) is 6.95. The molecule has 0 bridgehead atoms. The molecule has 0 atom stereocenters. The quantitative estimate of drug-likeness (QED) is 0.660. The van der Waals surface area contributed by atoms with Crippen molar-refractivity contribution in [1.82, 2.24) is 0 Å². The van der Waals surface area contributed by atoms with Crippen molar-refractivity contribution in [2.45, 2.75) is 59.8 Å². The van der Waals surface area contributed by atoms with E-state index in [4.69, 9.17) is 11.5 Å². The van der Waals surface area contributed by atoms with Crippen molar-refractivity contribution in [3.63, 3.8) is 0 Å². The molecule has 0 fully saturated rings. The van der Waals surface area contributed by atoms with Crippen LogP contribution in [0.1, 0.15) is 59.8 Å². The number of nitrogens with two attached hydrogens (primary N) is 2. The highest BCUT2D eigenvalue weighted by Gasteiger charge is 1.96. The van der Waals surface area contributed by atoms with E-state index in [-0.39, 0.29) is 0 Å². The van der Waals surface area contributed by atoms with Crippen LogP contribution in [0.25, 0.3) is 0 Å². The van der Waals surface area contributed by atoms with E-state index in [1.807, 2.05) is 0 Å². The molecule has 0 rings (SSSR count). The van der Waals surface area contributed by atoms with E-state index in [0.717, 1.165) is 24.2 Å². The second-order valence-electron chi connectivity index (χ2n) is 4.61. The summed E-state index contributed by atoms with van der Waals surface area (Å²) in [6, 6.07) is 0. The highest BCUT2D eigenvalue weighted by atomic mass is 14.6. The van der Waals surface area contributed by atoms with Crippen LogP contribution in [-0.2, 0) is 0 Å². The molecule has 0 heterocycles. The summed E-state index contributed by atoms with van der Waals surface area (Å²) in [7, 11) is 0. The van der Waals surface area contributed by atoms with Crippen LogP contribution < -0.4 is 11.5 Å². The maximum Gasteiger partial charge on any atom is 0.00667 e. The first kappa shape index (κ1) is 14.1. The number of unbranched alkanes of at least 4 members (excludes halogenated alkanes) is 2. The van der Waals surface area contributed by atoms with Gasteiger partial charge in [-0.15, -0.1) is 0 Å². The van der Waals surface area contributed by atoms with E-state index < -0.39 is 0 Å². The van der Waals surface area contributed by atoms with Crippen molar-refractivity contribution in [3.05, 3.63) is 22.5 Å². The van der Waals surface area contributed by atoms with Gasteiger partial charge in [-0.3, -0.25) is 0 Å². The lowest BCUT2D eigenvalue weighted by Crippen LogP contribution is -2.01. The van der Waals surface area contributed by atoms with Gasteiger partial charge in [0.2, 0.25) is 0 Å². The highest BCUT2D eigenvalue weighted by molar-refractivity contribution is 5.06. The Bertz CT molecular complexity index is 215. The first-order valence-electron chi connectivity index (χ1n) is 5.78. The Morgan fingerprint density at radius 2 is 1.00 bits per heavy atom. The van der Waals surface area contributed by atoms with Gasteiger partial charge in [0.15, 0.2) is 0 Å². The normalized spacial score (nSPS) is 9.87. The summed E-state index contributed by atoms with van der Waals surface area (Å²) in [5.74, 6) is 0. The Kier molecular flexibility index (Phi) is 6.93. The van der Waals surface area contributed by atoms with Gasteiger partial charge in [-0.2, -0.15) is 0 Å². The van der Waals surface area contributed by atoms with Gasteiger partial charge >= 0.3 is 0 Å². The summed E-state index contributed by atoms with van der Waals surface area (Å²) in [5.41, 5.74) is 16.3. The molecule has 2 nitrogen and oxygen atoms in total. The van der Waals surface area contributed by atoms with Crippen molar-refractivity contribution in [2.24, 2.45) is 11.5 Å². The van der Waals surface area contributed by atoms with Gasteiger partial charge in [-0.25, -0.2) is 0 Å². The highest BCUT2D eigenvalue weighted by Crippen LogP contribution is 2.12. The molecule has 88 valence electrons. The topological polar surface area (TPSA) is 52.0 Å². The van der Waals surface area contributed by atoms with E-state index in [1.54, 1.807) is 0 Å². The Morgan fingerprint density at radius 3 is 1.27 bits per heavy atom. The summed E-state index contributed by atoms with van der Waals surface area (Å²) in [5, 5.41) is 0. The van der Waals surface area contributed by atoms with Gasteiger partial charge < -0.3 is 11.5 Å². The molecule has 4 N–H and O–H groups in total. The maximum absolute atomic E-state index is 5.85. The van der Waals surface area contributed by atoms with Crippen LogP contribution in [0.4, 0.5) is 0 Å². The zero-order chi connectivity index (χ0) is 11.8. The van der Waals surface area contributed by atoms with Crippen LogP contribution >= 0.6 is 0 Å². The van der Waals surface area contributed by atoms with Crippen LogP contribution in [-0.4, -0.2) is 0 Å². The Balaban J connectivity index is 3.58. The van der Waals surface area contributed by atoms with Crippen molar-refractivity contribution < 1.29 is 0 Å². The molecule has 0 saturated heterocycles. The average molecular weight is 210 g/mol. The second-order valence-corrected chi connectivity index (χ2v) is 4.61. The smallest absolute Gasteiger partial charge is 0.00667 e. The Hall–Kier alpha value is -0.920. The van der Waals surface area contributed by atoms with Gasteiger partial charge in [-0.05, 0) is 53.4 Å². The summed E-state index contributed by atoms with van der Waals surface area (Å²) < 4.78 is 0. The summed E-state index contributed by atoms with van der Waals surface area (Å²) in [6.07, 6.45) is 5.61. The van der Waals surface area contributed by atoms with E-state index >= 15 is 0 Å². The lowest BCUT2D eigenvalue weighted by Gasteiger charge is -2.05. The van der Waals surface area contributed by atoms with E-state index in [1.165, 1.54) is 30.4 Å². The van der Waals surface area contributed by atoms with Crippen molar-refractivity contribution in [1.29, 1.82) is 0 Å². The zero-order valence-electron chi connectivity index (χ0n) is 10.7. The lowest BCUT2D eigenvalue weighted by molar-refractivity contribution is 0.663. The third kappa shape index (κ3) is 7.06. The molecule has 0 aliphatic carbocycles. The fourth-order valence-electron chi connectivity index (χ4n) is 1.31. The minimum Gasteiger partial charge on any atom is -0.402 e. The third-order valence-corrected chi connectivity index (χ3v) is 2.68. The minimum atomic E-state index is 1.02. The van der Waals surface area contributed by atoms with Crippen LogP contribution in [0.5, 0.6) is 0 Å². The van der Waals surface area contributed by atoms with Crippen molar-refractivity contribution in [2.75, 3.05) is 0 Å². The monoisotopic (exact) mass is 210 g/mol. The third-order valence-electron chi connectivity index (χ3n) is 2.68. The zero-order valence-corrected chi connectivity index (χ0v) is 10.7. The standard InChI is InChI=1S/C13H26N2/c1-10(2)12(14)8-6-5-7-9-13(15)11(3)4/h5-9,14-15H2,1-4H3. The van der Waals surface area contributed by atoms with Gasteiger partial charge in [0.05, 0.1) is 0 Å². The van der Waals surface area contributed by atoms with E-state index in [9.17, 15) is 0 Å². The van der Waals surface area contributed by atoms with Gasteiger partial charge in [0.25, 0.3) is 0 Å². The van der Waals surface area contributed by atoms with Crippen LogP contribution in [0.2, 0.25) is 0 Å². The van der Waals surface area contributed by atoms with E-state index in [2.05, 4.69) is 27.7 Å². The van der Waals surface area contributed by atoms with Gasteiger partial charge in [0, 0.05) is 11.4 Å². The largest absolute Gasteiger partial charge is 0.402 e. The molecule has 0 aliphatic rings. The maximum atomic E-state index is 5.85. The molecule has 0 aromatic rings. The SMILES string of the molecule is CC(C)=C(N)CCCCCC(N)=C(C)C. The molecule has 15 heavy (non-hydrogen) atoms. The first-order valence-corrected chi connectivity index (χ1v) is 5.78. The fourth-order valence-corrected chi connectivity index (χ4v) is 1.31. The minimum absolute atomic E-state index is 1.02. The number of hydrogen-bond donors (Lipinski definition) is 2. The van der Waals surface area contributed by atoms with Crippen LogP contribution in [0.15, 0.2) is 22.5 Å². The van der Waals surface area contributed by atoms with Crippen molar-refractivity contribution >= 4 is 0 Å². The summed E-state index contributed by atoms with van der Waals surface area (Å²) in [4.78, 5) is 0. The Morgan fingerprint density at radius 1 is 0.667 bits per heavy atom. The molecule has 0 aromatic carbocycles. The van der Waals surface area contributed by atoms with Crippen LogP contribution in [0, 0.1) is 0 Å². The molecule has 2 heteroatoms. The van der Waals surface area contributed by atoms with Gasteiger partial charge in [-0.1, -0.05) is 17.6 Å². The number of allylic oxidation sites excluding steroid dienone is 4. The second kappa shape index (κ2) is 7.38. The Labute approximate surface area is 94.4 Å².